The van der Waals surface area contributed by atoms with Crippen LogP contribution in [0.5, 0.6) is 17.2 Å². The zero-order valence-electron chi connectivity index (χ0n) is 9.26. The second-order valence-corrected chi connectivity index (χ2v) is 4.46. The Kier molecular flexibility index (Phi) is 3.53. The lowest BCUT2D eigenvalue weighted by atomic mass is 10.2. The van der Waals surface area contributed by atoms with Gasteiger partial charge in [-0.2, -0.15) is 0 Å². The normalized spacial score (nSPS) is 10.1. The minimum atomic E-state index is -0.509. The summed E-state index contributed by atoms with van der Waals surface area (Å²) in [7, 11) is 0. The molecule has 2 aromatic rings. The number of carbonyl (C=O) groups is 1. The molecule has 0 heterocycles. The van der Waals surface area contributed by atoms with Gasteiger partial charge in [0.1, 0.15) is 17.2 Å². The van der Waals surface area contributed by atoms with Gasteiger partial charge in [-0.25, -0.2) is 0 Å². The summed E-state index contributed by atoms with van der Waals surface area (Å²) in [6, 6.07) is 11.3. The Morgan fingerprint density at radius 1 is 1.17 bits per heavy atom. The van der Waals surface area contributed by atoms with Gasteiger partial charge in [-0.15, -0.1) is 0 Å². The first-order valence-corrected chi connectivity index (χ1v) is 5.92. The van der Waals surface area contributed by atoms with Crippen LogP contribution >= 0.6 is 15.9 Å². The summed E-state index contributed by atoms with van der Waals surface area (Å²) in [4.78, 5) is 11.1. The van der Waals surface area contributed by atoms with E-state index >= 15 is 0 Å². The van der Waals surface area contributed by atoms with E-state index in [0.29, 0.717) is 21.5 Å². The molecular weight excluding hydrogens is 298 g/mol. The Bertz CT molecular complexity index is 599. The van der Waals surface area contributed by atoms with E-state index in [1.807, 2.05) is 0 Å². The molecule has 2 rings (SSSR count). The second kappa shape index (κ2) is 5.10. The van der Waals surface area contributed by atoms with E-state index in [4.69, 9.17) is 10.5 Å². The molecule has 0 fully saturated rings. The summed E-state index contributed by atoms with van der Waals surface area (Å²) in [6.45, 7) is 0. The molecule has 2 aromatic carbocycles. The van der Waals surface area contributed by atoms with Crippen molar-refractivity contribution in [3.05, 3.63) is 52.5 Å². The first-order chi connectivity index (χ1) is 8.56. The number of carbonyl (C=O) groups excluding carboxylic acids is 1. The summed E-state index contributed by atoms with van der Waals surface area (Å²) in [5.41, 5.74) is 5.58. The number of benzene rings is 2. The smallest absolute Gasteiger partial charge is 0.249 e. The Labute approximate surface area is 112 Å². The van der Waals surface area contributed by atoms with E-state index in [0.717, 1.165) is 0 Å². The van der Waals surface area contributed by atoms with E-state index in [1.165, 1.54) is 6.07 Å². The zero-order chi connectivity index (χ0) is 13.1. The van der Waals surface area contributed by atoms with Crippen molar-refractivity contribution in [1.29, 1.82) is 0 Å². The molecule has 0 aliphatic rings. The molecule has 0 aliphatic heterocycles. The third kappa shape index (κ3) is 2.81. The fraction of sp³-hybridized carbons (Fsp3) is 0. The van der Waals surface area contributed by atoms with Gasteiger partial charge in [0, 0.05) is 10.5 Å². The molecule has 0 unspecified atom stereocenters. The average Bonchev–Trinajstić information content (AvgIpc) is 2.28. The minimum absolute atomic E-state index is 0.125. The van der Waals surface area contributed by atoms with Crippen LogP contribution in [0.3, 0.4) is 0 Å². The largest absolute Gasteiger partial charge is 0.508 e. The van der Waals surface area contributed by atoms with Crippen LogP contribution in [-0.4, -0.2) is 11.0 Å². The quantitative estimate of drug-likeness (QED) is 0.915. The van der Waals surface area contributed by atoms with Crippen LogP contribution in [0.4, 0.5) is 0 Å². The van der Waals surface area contributed by atoms with Crippen LogP contribution in [0.2, 0.25) is 0 Å². The Morgan fingerprint density at radius 2 is 1.89 bits per heavy atom. The molecule has 4 nitrogen and oxygen atoms in total. The van der Waals surface area contributed by atoms with Crippen molar-refractivity contribution in [2.24, 2.45) is 5.73 Å². The summed E-state index contributed by atoms with van der Waals surface area (Å²) in [6.07, 6.45) is 0. The predicted octanol–water partition coefficient (Wildman–Crippen LogP) is 3.05. The van der Waals surface area contributed by atoms with E-state index in [9.17, 15) is 9.90 Å². The fourth-order valence-electron chi connectivity index (χ4n) is 1.44. The molecule has 0 saturated carbocycles. The molecule has 0 aromatic heterocycles. The van der Waals surface area contributed by atoms with Crippen molar-refractivity contribution >= 4 is 21.8 Å². The average molecular weight is 308 g/mol. The number of nitrogens with two attached hydrogens (primary N) is 1. The molecule has 3 N–H and O–H groups in total. The fourth-order valence-corrected chi connectivity index (χ4v) is 2.00. The van der Waals surface area contributed by atoms with Crippen LogP contribution < -0.4 is 10.5 Å². The lowest BCUT2D eigenvalue weighted by Gasteiger charge is -2.07. The lowest BCUT2D eigenvalue weighted by Crippen LogP contribution is -2.11. The molecule has 0 aliphatic carbocycles. The molecule has 92 valence electrons. The summed E-state index contributed by atoms with van der Waals surface area (Å²) in [5.74, 6) is 0.664. The van der Waals surface area contributed by atoms with Gasteiger partial charge in [0.05, 0.1) is 5.56 Å². The topological polar surface area (TPSA) is 72.6 Å². The molecule has 5 heteroatoms. The highest BCUT2D eigenvalue weighted by Crippen LogP contribution is 2.28. The molecule has 0 spiro atoms. The van der Waals surface area contributed by atoms with Gasteiger partial charge in [-0.05, 0) is 46.3 Å². The maximum Gasteiger partial charge on any atom is 0.249 e. The second-order valence-electron chi connectivity index (χ2n) is 3.61. The molecule has 1 amide bonds. The van der Waals surface area contributed by atoms with Gasteiger partial charge in [-0.3, -0.25) is 4.79 Å². The molecule has 18 heavy (non-hydrogen) atoms. The number of amides is 1. The van der Waals surface area contributed by atoms with E-state index in [2.05, 4.69) is 15.9 Å². The summed E-state index contributed by atoms with van der Waals surface area (Å²) >= 11 is 3.25. The molecular formula is C13H10BrNO3. The highest BCUT2D eigenvalue weighted by molar-refractivity contribution is 9.10. The minimum Gasteiger partial charge on any atom is -0.508 e. The van der Waals surface area contributed by atoms with Crippen molar-refractivity contribution in [3.63, 3.8) is 0 Å². The predicted molar refractivity (Wildman–Crippen MR) is 70.8 cm³/mol. The van der Waals surface area contributed by atoms with Crippen LogP contribution in [0.1, 0.15) is 10.4 Å². The lowest BCUT2D eigenvalue weighted by molar-refractivity contribution is 0.0999. The first kappa shape index (κ1) is 12.4. The molecule has 0 saturated heterocycles. The number of hydrogen-bond acceptors (Lipinski definition) is 3. The monoisotopic (exact) mass is 307 g/mol. The summed E-state index contributed by atoms with van der Waals surface area (Å²) < 4.78 is 6.10. The Balaban J connectivity index is 2.25. The highest BCUT2D eigenvalue weighted by Gasteiger charge is 2.07. The van der Waals surface area contributed by atoms with Crippen molar-refractivity contribution in [2.45, 2.75) is 0 Å². The van der Waals surface area contributed by atoms with Gasteiger partial charge in [0.2, 0.25) is 5.91 Å². The van der Waals surface area contributed by atoms with Crippen LogP contribution in [-0.2, 0) is 0 Å². The number of primary amides is 1. The van der Waals surface area contributed by atoms with Gasteiger partial charge >= 0.3 is 0 Å². The highest BCUT2D eigenvalue weighted by atomic mass is 79.9. The zero-order valence-corrected chi connectivity index (χ0v) is 10.8. The number of rotatable bonds is 3. The van der Waals surface area contributed by atoms with Crippen molar-refractivity contribution in [1.82, 2.24) is 0 Å². The number of phenols is 1. The maximum absolute atomic E-state index is 11.1. The van der Waals surface area contributed by atoms with E-state index < -0.39 is 5.91 Å². The third-order valence-corrected chi connectivity index (χ3v) is 2.92. The molecule has 0 radical (unpaired) electrons. The third-order valence-electron chi connectivity index (χ3n) is 2.26. The SMILES string of the molecule is NC(=O)c1ccc(Oc2cccc(O)c2)cc1Br. The molecule has 0 bridgehead atoms. The van der Waals surface area contributed by atoms with Gasteiger partial charge in [0.15, 0.2) is 0 Å². The molecule has 0 atom stereocenters. The summed E-state index contributed by atoms with van der Waals surface area (Å²) in [5, 5.41) is 9.31. The number of aromatic hydroxyl groups is 1. The standard InChI is InChI=1S/C13H10BrNO3/c14-12-7-10(4-5-11(12)13(15)17)18-9-3-1-2-8(16)6-9/h1-7,16H,(H2,15,17). The number of hydrogen-bond donors (Lipinski definition) is 2. The number of ether oxygens (including phenoxy) is 1. The Morgan fingerprint density at radius 3 is 2.50 bits per heavy atom. The van der Waals surface area contributed by atoms with Gasteiger partial charge < -0.3 is 15.6 Å². The van der Waals surface area contributed by atoms with Crippen LogP contribution in [0, 0.1) is 0 Å². The first-order valence-electron chi connectivity index (χ1n) is 5.12. The maximum atomic E-state index is 11.1. The van der Waals surface area contributed by atoms with Crippen molar-refractivity contribution in [2.75, 3.05) is 0 Å². The van der Waals surface area contributed by atoms with Crippen LogP contribution in [0.25, 0.3) is 0 Å². The van der Waals surface area contributed by atoms with Gasteiger partial charge in [-0.1, -0.05) is 6.07 Å². The Hall–Kier alpha value is -2.01. The van der Waals surface area contributed by atoms with E-state index in [-0.39, 0.29) is 5.75 Å². The number of halogens is 1. The van der Waals surface area contributed by atoms with Crippen molar-refractivity contribution in [3.8, 4) is 17.2 Å². The van der Waals surface area contributed by atoms with E-state index in [1.54, 1.807) is 36.4 Å². The van der Waals surface area contributed by atoms with Crippen molar-refractivity contribution < 1.29 is 14.6 Å². The van der Waals surface area contributed by atoms with Crippen LogP contribution in [0.15, 0.2) is 46.9 Å². The van der Waals surface area contributed by atoms with Gasteiger partial charge in [0.25, 0.3) is 0 Å². The number of phenolic OH excluding ortho intramolecular Hbond substituents is 1.